The molecule has 7 heteroatoms. The van der Waals surface area contributed by atoms with Gasteiger partial charge in [-0.3, -0.25) is 5.43 Å². The summed E-state index contributed by atoms with van der Waals surface area (Å²) in [7, 11) is -0.356. The summed E-state index contributed by atoms with van der Waals surface area (Å²) in [6.45, 7) is 10.3. The molecule has 1 aliphatic rings. The SMILES string of the molecule is Cc1cc(C=NNc2nc(-c3ccccc3)cs2)ccc1B1OC(C)(C)C(C)(C)O1. The molecule has 1 aromatic heterocycles. The molecule has 1 saturated heterocycles. The van der Waals surface area contributed by atoms with Crippen LogP contribution in [0.3, 0.4) is 0 Å². The van der Waals surface area contributed by atoms with Crippen molar-refractivity contribution in [3.05, 3.63) is 65.0 Å². The Hall–Kier alpha value is -2.48. The highest BCUT2D eigenvalue weighted by Gasteiger charge is 2.51. The van der Waals surface area contributed by atoms with Crippen molar-refractivity contribution in [2.45, 2.75) is 45.8 Å². The van der Waals surface area contributed by atoms with Gasteiger partial charge < -0.3 is 9.31 Å². The van der Waals surface area contributed by atoms with Crippen LogP contribution in [0.15, 0.2) is 59.0 Å². The first-order chi connectivity index (χ1) is 14.2. The maximum Gasteiger partial charge on any atom is 0.495 e. The Kier molecular flexibility index (Phi) is 5.53. The van der Waals surface area contributed by atoms with E-state index in [0.29, 0.717) is 0 Å². The van der Waals surface area contributed by atoms with Gasteiger partial charge in [0.2, 0.25) is 5.13 Å². The quantitative estimate of drug-likeness (QED) is 0.365. The predicted octanol–water partition coefficient (Wildman–Crippen LogP) is 4.86. The molecule has 0 aliphatic carbocycles. The first kappa shape index (κ1) is 20.8. The molecule has 1 aliphatic heterocycles. The molecule has 0 amide bonds. The number of aryl methyl sites for hydroxylation is 1. The van der Waals surface area contributed by atoms with Crippen molar-refractivity contribution in [2.75, 3.05) is 5.43 Å². The average molecular weight is 419 g/mol. The molecule has 3 aromatic rings. The van der Waals surface area contributed by atoms with E-state index in [1.807, 2.05) is 41.8 Å². The van der Waals surface area contributed by atoms with Crippen molar-refractivity contribution < 1.29 is 9.31 Å². The minimum atomic E-state index is -0.356. The Labute approximate surface area is 182 Å². The molecule has 30 heavy (non-hydrogen) atoms. The molecule has 0 spiro atoms. The Morgan fingerprint density at radius 2 is 1.73 bits per heavy atom. The van der Waals surface area contributed by atoms with Gasteiger partial charge in [0.25, 0.3) is 0 Å². The maximum atomic E-state index is 6.17. The third-order valence-corrected chi connectivity index (χ3v) is 6.50. The van der Waals surface area contributed by atoms with Crippen LogP contribution in [0.25, 0.3) is 11.3 Å². The summed E-state index contributed by atoms with van der Waals surface area (Å²) in [5.41, 5.74) is 7.53. The lowest BCUT2D eigenvalue weighted by molar-refractivity contribution is 0.00578. The molecule has 5 nitrogen and oxygen atoms in total. The smallest absolute Gasteiger partial charge is 0.399 e. The van der Waals surface area contributed by atoms with Gasteiger partial charge in [0.05, 0.1) is 23.1 Å². The number of hydrogen-bond acceptors (Lipinski definition) is 6. The summed E-state index contributed by atoms with van der Waals surface area (Å²) in [6.07, 6.45) is 1.80. The van der Waals surface area contributed by atoms with Gasteiger partial charge in [-0.2, -0.15) is 5.10 Å². The number of benzene rings is 2. The molecule has 1 fully saturated rings. The van der Waals surface area contributed by atoms with E-state index in [1.165, 1.54) is 11.3 Å². The molecule has 2 aromatic carbocycles. The number of hydrazone groups is 1. The molecule has 0 bridgehead atoms. The van der Waals surface area contributed by atoms with Gasteiger partial charge in [0.15, 0.2) is 0 Å². The van der Waals surface area contributed by atoms with E-state index in [1.54, 1.807) is 6.21 Å². The van der Waals surface area contributed by atoms with Gasteiger partial charge in [-0.05, 0) is 45.6 Å². The van der Waals surface area contributed by atoms with Crippen molar-refractivity contribution >= 4 is 35.3 Å². The van der Waals surface area contributed by atoms with Gasteiger partial charge in [0.1, 0.15) is 0 Å². The maximum absolute atomic E-state index is 6.17. The van der Waals surface area contributed by atoms with Crippen LogP contribution in [0.4, 0.5) is 5.13 Å². The summed E-state index contributed by atoms with van der Waals surface area (Å²) < 4.78 is 12.3. The number of nitrogens with one attached hydrogen (secondary N) is 1. The second-order valence-corrected chi connectivity index (χ2v) is 9.34. The third kappa shape index (κ3) is 4.19. The number of rotatable bonds is 5. The molecular weight excluding hydrogens is 393 g/mol. The Morgan fingerprint density at radius 1 is 1.03 bits per heavy atom. The van der Waals surface area contributed by atoms with Crippen LogP contribution in [0, 0.1) is 6.92 Å². The van der Waals surface area contributed by atoms with Crippen molar-refractivity contribution in [2.24, 2.45) is 5.10 Å². The summed E-state index contributed by atoms with van der Waals surface area (Å²) >= 11 is 1.53. The summed E-state index contributed by atoms with van der Waals surface area (Å²) in [5.74, 6) is 0. The van der Waals surface area contributed by atoms with Crippen LogP contribution in [-0.4, -0.2) is 29.5 Å². The van der Waals surface area contributed by atoms with E-state index in [0.717, 1.165) is 33.0 Å². The Morgan fingerprint density at radius 3 is 2.40 bits per heavy atom. The standard InChI is InChI=1S/C23H26BN3O2S/c1-16-13-17(11-12-19(16)24-28-22(2,3)23(4,5)29-24)14-25-27-21-26-20(15-30-21)18-9-7-6-8-10-18/h6-15H,1-5H3,(H,26,27). The number of nitrogens with zero attached hydrogens (tertiary/aromatic N) is 2. The molecule has 1 N–H and O–H groups in total. The number of aromatic nitrogens is 1. The predicted molar refractivity (Wildman–Crippen MR) is 126 cm³/mol. The fraction of sp³-hybridized carbons (Fsp3) is 0.304. The van der Waals surface area contributed by atoms with E-state index in [4.69, 9.17) is 9.31 Å². The molecule has 154 valence electrons. The Bertz CT molecular complexity index is 1050. The van der Waals surface area contributed by atoms with Gasteiger partial charge in [-0.1, -0.05) is 54.1 Å². The number of hydrogen-bond donors (Lipinski definition) is 1. The van der Waals surface area contributed by atoms with Crippen LogP contribution in [0.2, 0.25) is 0 Å². The minimum Gasteiger partial charge on any atom is -0.399 e. The largest absolute Gasteiger partial charge is 0.495 e. The zero-order valence-electron chi connectivity index (χ0n) is 18.0. The molecule has 2 heterocycles. The topological polar surface area (TPSA) is 55.7 Å². The van der Waals surface area contributed by atoms with Gasteiger partial charge in [0, 0.05) is 10.9 Å². The highest BCUT2D eigenvalue weighted by atomic mass is 32.1. The first-order valence-corrected chi connectivity index (χ1v) is 10.9. The summed E-state index contributed by atoms with van der Waals surface area (Å²) in [5, 5.41) is 7.13. The average Bonchev–Trinajstić information content (AvgIpc) is 3.24. The van der Waals surface area contributed by atoms with Crippen LogP contribution in [0.5, 0.6) is 0 Å². The molecule has 4 rings (SSSR count). The molecule has 0 radical (unpaired) electrons. The van der Waals surface area contributed by atoms with E-state index < -0.39 is 0 Å². The minimum absolute atomic E-state index is 0.347. The fourth-order valence-corrected chi connectivity index (χ4v) is 3.91. The molecular formula is C23H26BN3O2S. The van der Waals surface area contributed by atoms with Crippen molar-refractivity contribution in [1.82, 2.24) is 4.98 Å². The zero-order chi connectivity index (χ0) is 21.4. The molecule has 0 unspecified atom stereocenters. The van der Waals surface area contributed by atoms with Crippen molar-refractivity contribution in [1.29, 1.82) is 0 Å². The van der Waals surface area contributed by atoms with Crippen LogP contribution >= 0.6 is 11.3 Å². The number of thiazole rings is 1. The van der Waals surface area contributed by atoms with E-state index in [2.05, 4.69) is 62.3 Å². The van der Waals surface area contributed by atoms with Gasteiger partial charge in [-0.25, -0.2) is 4.98 Å². The van der Waals surface area contributed by atoms with Crippen LogP contribution < -0.4 is 10.9 Å². The van der Waals surface area contributed by atoms with Gasteiger partial charge >= 0.3 is 7.12 Å². The third-order valence-electron chi connectivity index (χ3n) is 5.75. The van der Waals surface area contributed by atoms with Crippen molar-refractivity contribution in [3.63, 3.8) is 0 Å². The van der Waals surface area contributed by atoms with E-state index in [-0.39, 0.29) is 18.3 Å². The second-order valence-electron chi connectivity index (χ2n) is 8.48. The highest BCUT2D eigenvalue weighted by molar-refractivity contribution is 7.14. The lowest BCUT2D eigenvalue weighted by Gasteiger charge is -2.32. The van der Waals surface area contributed by atoms with Crippen molar-refractivity contribution in [3.8, 4) is 11.3 Å². The molecule has 0 atom stereocenters. The summed E-state index contributed by atoms with van der Waals surface area (Å²) in [4.78, 5) is 4.58. The monoisotopic (exact) mass is 419 g/mol. The Balaban J connectivity index is 1.42. The van der Waals surface area contributed by atoms with E-state index >= 15 is 0 Å². The normalized spacial score (nSPS) is 17.6. The zero-order valence-corrected chi connectivity index (χ0v) is 18.8. The van der Waals surface area contributed by atoms with E-state index in [9.17, 15) is 0 Å². The lowest BCUT2D eigenvalue weighted by Crippen LogP contribution is -2.41. The molecule has 0 saturated carbocycles. The second kappa shape index (κ2) is 7.98. The first-order valence-electron chi connectivity index (χ1n) is 10.0. The highest BCUT2D eigenvalue weighted by Crippen LogP contribution is 2.36. The van der Waals surface area contributed by atoms with Crippen LogP contribution in [0.1, 0.15) is 38.8 Å². The van der Waals surface area contributed by atoms with Crippen LogP contribution in [-0.2, 0) is 9.31 Å². The lowest BCUT2D eigenvalue weighted by atomic mass is 9.76. The number of anilines is 1. The van der Waals surface area contributed by atoms with Gasteiger partial charge in [-0.15, -0.1) is 11.3 Å². The fourth-order valence-electron chi connectivity index (χ4n) is 3.24. The summed E-state index contributed by atoms with van der Waals surface area (Å²) in [6, 6.07) is 16.3.